The van der Waals surface area contributed by atoms with E-state index in [0.29, 0.717) is 0 Å². The molecular weight excluding hydrogens is 671 g/mol. The van der Waals surface area contributed by atoms with Gasteiger partial charge in [-0.1, -0.05) is 165 Å². The van der Waals surface area contributed by atoms with Gasteiger partial charge >= 0.3 is 0 Å². The summed E-state index contributed by atoms with van der Waals surface area (Å²) in [5.74, 6) is 0. The van der Waals surface area contributed by atoms with Crippen molar-refractivity contribution in [2.24, 2.45) is 0 Å². The molecule has 2 heteroatoms. The van der Waals surface area contributed by atoms with Gasteiger partial charge in [0.05, 0.1) is 0 Å². The lowest BCUT2D eigenvalue weighted by atomic mass is 9.65. The highest BCUT2D eigenvalue weighted by Crippen LogP contribution is 2.47. The van der Waals surface area contributed by atoms with Crippen LogP contribution in [0.25, 0.3) is 53.2 Å². The van der Waals surface area contributed by atoms with Gasteiger partial charge in [0.1, 0.15) is 0 Å². The third kappa shape index (κ3) is 5.70. The zero-order chi connectivity index (χ0) is 35.9. The number of rotatable bonds is 7. The van der Waals surface area contributed by atoms with Crippen LogP contribution in [-0.4, -0.2) is 0 Å². The molecule has 0 amide bonds. The minimum absolute atomic E-state index is 0.0649. The Kier molecular flexibility index (Phi) is 8.34. The monoisotopic (exact) mass is 711 g/mol. The third-order valence-corrected chi connectivity index (χ3v) is 12.9. The molecule has 54 heavy (non-hydrogen) atoms. The van der Waals surface area contributed by atoms with Crippen LogP contribution in [-0.2, 0) is 5.41 Å². The SMILES string of the molecule is c1ccc(-c2cccc3sc4cc(N(c5ccc(-c6cccc7ccccc67)cc5)c5ccc(C6(c7ccccc7)CCCCC6)cc5)ccc4c23)cc1. The Balaban J connectivity index is 1.10. The molecule has 9 aromatic rings. The summed E-state index contributed by atoms with van der Waals surface area (Å²) in [5, 5.41) is 5.19. The van der Waals surface area contributed by atoms with Crippen LogP contribution >= 0.6 is 11.3 Å². The molecule has 1 heterocycles. The van der Waals surface area contributed by atoms with Crippen LogP contribution in [0.1, 0.15) is 43.2 Å². The zero-order valence-electron chi connectivity index (χ0n) is 30.3. The molecule has 0 saturated heterocycles. The van der Waals surface area contributed by atoms with Crippen LogP contribution in [0, 0.1) is 0 Å². The number of benzene rings is 8. The molecule has 0 unspecified atom stereocenters. The molecule has 8 aromatic carbocycles. The second kappa shape index (κ2) is 13.8. The van der Waals surface area contributed by atoms with Crippen LogP contribution < -0.4 is 4.90 Å². The van der Waals surface area contributed by atoms with Gasteiger partial charge < -0.3 is 4.90 Å². The number of nitrogens with zero attached hydrogens (tertiary/aromatic N) is 1. The zero-order valence-corrected chi connectivity index (χ0v) is 31.1. The second-order valence-corrected chi connectivity index (χ2v) is 15.9. The molecule has 1 aliphatic rings. The molecule has 0 bridgehead atoms. The molecule has 0 radical (unpaired) electrons. The third-order valence-electron chi connectivity index (χ3n) is 11.8. The van der Waals surface area contributed by atoms with Gasteiger partial charge in [-0.05, 0) is 99.5 Å². The molecule has 0 spiro atoms. The quantitative estimate of drug-likeness (QED) is 0.159. The summed E-state index contributed by atoms with van der Waals surface area (Å²) in [4.78, 5) is 2.44. The normalized spacial score (nSPS) is 14.1. The van der Waals surface area contributed by atoms with E-state index in [9.17, 15) is 0 Å². The van der Waals surface area contributed by atoms with E-state index in [1.165, 1.54) is 102 Å². The van der Waals surface area contributed by atoms with Crippen molar-refractivity contribution < 1.29 is 0 Å². The maximum absolute atomic E-state index is 2.44. The summed E-state index contributed by atoms with van der Waals surface area (Å²) < 4.78 is 2.61. The first-order valence-corrected chi connectivity index (χ1v) is 20.1. The number of hydrogen-bond acceptors (Lipinski definition) is 2. The van der Waals surface area contributed by atoms with Crippen LogP contribution in [0.15, 0.2) is 188 Å². The average molecular weight is 712 g/mol. The fourth-order valence-corrected chi connectivity index (χ4v) is 10.3. The molecule has 1 nitrogen and oxygen atoms in total. The summed E-state index contributed by atoms with van der Waals surface area (Å²) in [7, 11) is 0. The highest BCUT2D eigenvalue weighted by molar-refractivity contribution is 7.26. The molecule has 0 atom stereocenters. The smallest absolute Gasteiger partial charge is 0.0476 e. The predicted octanol–water partition coefficient (Wildman–Crippen LogP) is 15.3. The van der Waals surface area contributed by atoms with E-state index in [4.69, 9.17) is 0 Å². The van der Waals surface area contributed by atoms with Gasteiger partial charge in [0.2, 0.25) is 0 Å². The van der Waals surface area contributed by atoms with E-state index in [-0.39, 0.29) is 5.41 Å². The summed E-state index contributed by atoms with van der Waals surface area (Å²) in [6, 6.07) is 69.8. The topological polar surface area (TPSA) is 3.24 Å². The summed E-state index contributed by atoms with van der Waals surface area (Å²) in [6.07, 6.45) is 6.26. The number of thiophene rings is 1. The molecule has 0 aliphatic heterocycles. The van der Waals surface area contributed by atoms with E-state index in [1.54, 1.807) is 0 Å². The molecular formula is C52H41NS. The van der Waals surface area contributed by atoms with Gasteiger partial charge in [-0.2, -0.15) is 0 Å². The van der Waals surface area contributed by atoms with Gasteiger partial charge in [-0.15, -0.1) is 11.3 Å². The maximum atomic E-state index is 2.44. The van der Waals surface area contributed by atoms with Crippen molar-refractivity contribution >= 4 is 59.3 Å². The number of fused-ring (bicyclic) bond motifs is 4. The minimum Gasteiger partial charge on any atom is -0.310 e. The van der Waals surface area contributed by atoms with E-state index < -0.39 is 0 Å². The Hall–Kier alpha value is -5.96. The molecule has 1 aromatic heterocycles. The predicted molar refractivity (Wildman–Crippen MR) is 233 cm³/mol. The Labute approximate surface area is 321 Å². The van der Waals surface area contributed by atoms with Crippen molar-refractivity contribution in [1.29, 1.82) is 0 Å². The van der Waals surface area contributed by atoms with Gasteiger partial charge in [0.15, 0.2) is 0 Å². The Morgan fingerprint density at radius 1 is 0.407 bits per heavy atom. The highest BCUT2D eigenvalue weighted by Gasteiger charge is 2.35. The fourth-order valence-electron chi connectivity index (χ4n) is 9.11. The van der Waals surface area contributed by atoms with E-state index >= 15 is 0 Å². The van der Waals surface area contributed by atoms with Crippen molar-refractivity contribution in [2.45, 2.75) is 37.5 Å². The molecule has 10 rings (SSSR count). The average Bonchev–Trinajstić information content (AvgIpc) is 3.63. The second-order valence-electron chi connectivity index (χ2n) is 14.8. The first kappa shape index (κ1) is 32.7. The van der Waals surface area contributed by atoms with Crippen LogP contribution in [0.4, 0.5) is 17.1 Å². The lowest BCUT2D eigenvalue weighted by Gasteiger charge is -2.39. The van der Waals surface area contributed by atoms with E-state index in [0.717, 1.165) is 11.4 Å². The first-order chi connectivity index (χ1) is 26.7. The van der Waals surface area contributed by atoms with Crippen LogP contribution in [0.5, 0.6) is 0 Å². The van der Waals surface area contributed by atoms with Crippen molar-refractivity contribution in [2.75, 3.05) is 4.90 Å². The molecule has 1 fully saturated rings. The van der Waals surface area contributed by atoms with Crippen molar-refractivity contribution in [3.05, 3.63) is 199 Å². The Bertz CT molecular complexity index is 2720. The van der Waals surface area contributed by atoms with Gasteiger partial charge in [-0.25, -0.2) is 0 Å². The molecule has 1 aliphatic carbocycles. The fraction of sp³-hybridized carbons (Fsp3) is 0.115. The lowest BCUT2D eigenvalue weighted by Crippen LogP contribution is -2.30. The van der Waals surface area contributed by atoms with E-state index in [2.05, 4.69) is 193 Å². The van der Waals surface area contributed by atoms with Crippen LogP contribution in [0.2, 0.25) is 0 Å². The Morgan fingerprint density at radius 3 is 1.78 bits per heavy atom. The lowest BCUT2D eigenvalue weighted by molar-refractivity contribution is 0.346. The van der Waals surface area contributed by atoms with Crippen molar-refractivity contribution in [3.8, 4) is 22.3 Å². The standard InChI is InChI=1S/C52H41NS/c1-4-14-38(15-5-1)47-22-13-23-49-51(47)48-33-32-44(36-50(48)54-49)53(42-28-24-39(25-29-42)46-21-12-17-37-16-8-9-20-45(37)46)43-30-26-41(27-31-43)52(34-10-3-11-35-52)40-18-6-2-7-19-40/h1-2,4-9,12-33,36H,3,10-11,34-35H2. The minimum atomic E-state index is 0.0649. The van der Waals surface area contributed by atoms with Gasteiger partial charge in [0, 0.05) is 42.6 Å². The Morgan fingerprint density at radius 2 is 1.00 bits per heavy atom. The van der Waals surface area contributed by atoms with Gasteiger partial charge in [0.25, 0.3) is 0 Å². The largest absolute Gasteiger partial charge is 0.310 e. The number of anilines is 3. The summed E-state index contributed by atoms with van der Waals surface area (Å²) in [6.45, 7) is 0. The molecule has 260 valence electrons. The molecule has 1 saturated carbocycles. The van der Waals surface area contributed by atoms with Crippen molar-refractivity contribution in [1.82, 2.24) is 0 Å². The highest BCUT2D eigenvalue weighted by atomic mass is 32.1. The van der Waals surface area contributed by atoms with Gasteiger partial charge in [-0.3, -0.25) is 0 Å². The summed E-state index contributed by atoms with van der Waals surface area (Å²) in [5.41, 5.74) is 11.4. The molecule has 0 N–H and O–H groups in total. The van der Waals surface area contributed by atoms with E-state index in [1.807, 2.05) is 11.3 Å². The summed E-state index contributed by atoms with van der Waals surface area (Å²) >= 11 is 1.88. The first-order valence-electron chi connectivity index (χ1n) is 19.3. The van der Waals surface area contributed by atoms with Crippen molar-refractivity contribution in [3.63, 3.8) is 0 Å². The maximum Gasteiger partial charge on any atom is 0.0476 e. The number of hydrogen-bond donors (Lipinski definition) is 0. The van der Waals surface area contributed by atoms with Crippen LogP contribution in [0.3, 0.4) is 0 Å².